The molecule has 0 saturated heterocycles. The van der Waals surface area contributed by atoms with E-state index >= 15 is 0 Å². The molecule has 0 aliphatic heterocycles. The van der Waals surface area contributed by atoms with Gasteiger partial charge in [-0.1, -0.05) is 27.5 Å². The van der Waals surface area contributed by atoms with Gasteiger partial charge in [-0.3, -0.25) is 4.98 Å². The highest BCUT2D eigenvalue weighted by Gasteiger charge is 2.35. The highest BCUT2D eigenvalue weighted by molar-refractivity contribution is 9.10. The summed E-state index contributed by atoms with van der Waals surface area (Å²) in [6.07, 6.45) is -2.10. The van der Waals surface area contributed by atoms with Crippen LogP contribution in [0.3, 0.4) is 0 Å². The Morgan fingerprint density at radius 2 is 1.95 bits per heavy atom. The van der Waals surface area contributed by atoms with Crippen LogP contribution in [0.2, 0.25) is 5.02 Å². The number of rotatable bonds is 3. The van der Waals surface area contributed by atoms with Gasteiger partial charge in [-0.2, -0.15) is 13.2 Å². The molecule has 2 aromatic rings. The first-order valence-electron chi connectivity index (χ1n) is 5.98. The Balaban J connectivity index is 2.60. The van der Waals surface area contributed by atoms with Crippen molar-refractivity contribution in [1.29, 1.82) is 0 Å². The zero-order valence-electron chi connectivity index (χ0n) is 10.9. The molecule has 1 atom stereocenters. The summed E-state index contributed by atoms with van der Waals surface area (Å²) in [4.78, 5) is 3.82. The maximum atomic E-state index is 13.1. The van der Waals surface area contributed by atoms with Crippen LogP contribution in [-0.2, 0) is 6.18 Å². The maximum absolute atomic E-state index is 13.1. The Hall–Kier alpha value is -1.11. The minimum Gasteiger partial charge on any atom is -0.309 e. The smallest absolute Gasteiger partial charge is 0.309 e. The first kappa shape index (κ1) is 16.3. The highest BCUT2D eigenvalue weighted by atomic mass is 79.9. The van der Waals surface area contributed by atoms with Crippen molar-refractivity contribution in [3.8, 4) is 0 Å². The van der Waals surface area contributed by atoms with Crippen molar-refractivity contribution >= 4 is 27.5 Å². The standard InChI is InChI=1S/C14H11BrClF3N2/c1-20-13(9-6-8(16)2-3-12(9)15)10-7-21-5-4-11(10)14(17,18)19/h2-7,13,20H,1H3. The van der Waals surface area contributed by atoms with Gasteiger partial charge in [-0.15, -0.1) is 0 Å². The van der Waals surface area contributed by atoms with Gasteiger partial charge in [0.05, 0.1) is 11.6 Å². The van der Waals surface area contributed by atoms with Crippen LogP contribution < -0.4 is 5.32 Å². The van der Waals surface area contributed by atoms with E-state index in [0.29, 0.717) is 15.1 Å². The van der Waals surface area contributed by atoms with E-state index in [-0.39, 0.29) is 5.56 Å². The molecule has 1 unspecified atom stereocenters. The lowest BCUT2D eigenvalue weighted by Crippen LogP contribution is -2.22. The fourth-order valence-electron chi connectivity index (χ4n) is 2.11. The van der Waals surface area contributed by atoms with Crippen molar-refractivity contribution < 1.29 is 13.2 Å². The van der Waals surface area contributed by atoms with Crippen LogP contribution in [0.4, 0.5) is 13.2 Å². The number of nitrogens with one attached hydrogen (secondary N) is 1. The van der Waals surface area contributed by atoms with E-state index in [9.17, 15) is 13.2 Å². The molecule has 0 amide bonds. The summed E-state index contributed by atoms with van der Waals surface area (Å²) in [7, 11) is 1.59. The minimum atomic E-state index is -4.45. The predicted octanol–water partition coefficient (Wildman–Crippen LogP) is 4.83. The largest absolute Gasteiger partial charge is 0.416 e. The molecule has 0 spiro atoms. The lowest BCUT2D eigenvalue weighted by Gasteiger charge is -2.22. The van der Waals surface area contributed by atoms with Gasteiger partial charge in [0.2, 0.25) is 0 Å². The van der Waals surface area contributed by atoms with Crippen molar-refractivity contribution in [2.75, 3.05) is 7.05 Å². The number of hydrogen-bond donors (Lipinski definition) is 1. The molecular formula is C14H11BrClF3N2. The third-order valence-corrected chi connectivity index (χ3v) is 3.98. The Morgan fingerprint density at radius 1 is 1.24 bits per heavy atom. The third kappa shape index (κ3) is 3.56. The molecule has 112 valence electrons. The molecular weight excluding hydrogens is 369 g/mol. The number of halogens is 5. The van der Waals surface area contributed by atoms with Crippen LogP contribution in [0.5, 0.6) is 0 Å². The summed E-state index contributed by atoms with van der Waals surface area (Å²) in [5.41, 5.74) is -0.0531. The van der Waals surface area contributed by atoms with Gasteiger partial charge in [0.1, 0.15) is 0 Å². The van der Waals surface area contributed by atoms with E-state index in [1.54, 1.807) is 25.2 Å². The molecule has 0 saturated carbocycles. The van der Waals surface area contributed by atoms with Gasteiger partial charge >= 0.3 is 6.18 Å². The van der Waals surface area contributed by atoms with Gasteiger partial charge in [-0.25, -0.2) is 0 Å². The Kier molecular flexibility index (Phi) is 4.91. The molecule has 0 aliphatic rings. The van der Waals surface area contributed by atoms with Gasteiger partial charge < -0.3 is 5.32 Å². The van der Waals surface area contributed by atoms with E-state index in [0.717, 1.165) is 12.3 Å². The average molecular weight is 380 g/mol. The lowest BCUT2D eigenvalue weighted by atomic mass is 9.96. The second-order valence-corrected chi connectivity index (χ2v) is 5.64. The second-order valence-electron chi connectivity index (χ2n) is 4.35. The first-order valence-corrected chi connectivity index (χ1v) is 7.15. The van der Waals surface area contributed by atoms with Gasteiger partial charge in [0.25, 0.3) is 0 Å². The highest BCUT2D eigenvalue weighted by Crippen LogP contribution is 2.38. The molecule has 0 aliphatic carbocycles. The number of alkyl halides is 3. The average Bonchev–Trinajstić information content (AvgIpc) is 2.43. The van der Waals surface area contributed by atoms with Gasteiger partial charge in [-0.05, 0) is 36.9 Å². The number of hydrogen-bond acceptors (Lipinski definition) is 2. The molecule has 1 aromatic carbocycles. The van der Waals surface area contributed by atoms with E-state index < -0.39 is 17.8 Å². The van der Waals surface area contributed by atoms with E-state index in [2.05, 4.69) is 26.2 Å². The summed E-state index contributed by atoms with van der Waals surface area (Å²) < 4.78 is 40.1. The SMILES string of the molecule is CNC(c1cc(Cl)ccc1Br)c1cnccc1C(F)(F)F. The molecule has 0 fully saturated rings. The summed E-state index contributed by atoms with van der Waals surface area (Å²) in [5, 5.41) is 3.34. The summed E-state index contributed by atoms with van der Waals surface area (Å²) >= 11 is 9.29. The fraction of sp³-hybridized carbons (Fsp3) is 0.214. The molecule has 0 radical (unpaired) electrons. The molecule has 1 heterocycles. The van der Waals surface area contributed by atoms with Gasteiger partial charge in [0, 0.05) is 27.5 Å². The van der Waals surface area contributed by atoms with E-state index in [1.165, 1.54) is 6.20 Å². The quantitative estimate of drug-likeness (QED) is 0.826. The molecule has 2 nitrogen and oxygen atoms in total. The molecule has 0 bridgehead atoms. The normalized spacial score (nSPS) is 13.2. The van der Waals surface area contributed by atoms with Crippen molar-refractivity contribution in [2.45, 2.75) is 12.2 Å². The molecule has 2 rings (SSSR count). The van der Waals surface area contributed by atoms with Crippen LogP contribution in [-0.4, -0.2) is 12.0 Å². The Morgan fingerprint density at radius 3 is 2.57 bits per heavy atom. The summed E-state index contributed by atoms with van der Waals surface area (Å²) in [5.74, 6) is 0. The number of nitrogens with zero attached hydrogens (tertiary/aromatic N) is 1. The van der Waals surface area contributed by atoms with Crippen molar-refractivity contribution in [3.63, 3.8) is 0 Å². The number of aromatic nitrogens is 1. The zero-order chi connectivity index (χ0) is 15.6. The van der Waals surface area contributed by atoms with Crippen molar-refractivity contribution in [3.05, 3.63) is 62.8 Å². The molecule has 7 heteroatoms. The van der Waals surface area contributed by atoms with Crippen molar-refractivity contribution in [1.82, 2.24) is 10.3 Å². The lowest BCUT2D eigenvalue weighted by molar-refractivity contribution is -0.138. The fourth-order valence-corrected chi connectivity index (χ4v) is 2.77. The van der Waals surface area contributed by atoms with Crippen LogP contribution in [0.15, 0.2) is 41.1 Å². The molecule has 21 heavy (non-hydrogen) atoms. The summed E-state index contributed by atoms with van der Waals surface area (Å²) in [6, 6.07) is 5.28. The second kappa shape index (κ2) is 6.34. The maximum Gasteiger partial charge on any atom is 0.416 e. The van der Waals surface area contributed by atoms with E-state index in [4.69, 9.17) is 11.6 Å². The minimum absolute atomic E-state index is 0.0514. The van der Waals surface area contributed by atoms with Crippen LogP contribution in [0.1, 0.15) is 22.7 Å². The van der Waals surface area contributed by atoms with Crippen molar-refractivity contribution in [2.24, 2.45) is 0 Å². The third-order valence-electron chi connectivity index (χ3n) is 3.03. The van der Waals surface area contributed by atoms with E-state index in [1.807, 2.05) is 0 Å². The number of benzene rings is 1. The van der Waals surface area contributed by atoms with Crippen LogP contribution >= 0.6 is 27.5 Å². The monoisotopic (exact) mass is 378 g/mol. The number of pyridine rings is 1. The Bertz CT molecular complexity index is 646. The zero-order valence-corrected chi connectivity index (χ0v) is 13.2. The Labute approximate surface area is 133 Å². The van der Waals surface area contributed by atoms with Gasteiger partial charge in [0.15, 0.2) is 0 Å². The molecule has 1 N–H and O–H groups in total. The topological polar surface area (TPSA) is 24.9 Å². The predicted molar refractivity (Wildman–Crippen MR) is 79.3 cm³/mol. The van der Waals surface area contributed by atoms with Crippen LogP contribution in [0.25, 0.3) is 0 Å². The van der Waals surface area contributed by atoms with Crippen LogP contribution in [0, 0.1) is 0 Å². The first-order chi connectivity index (χ1) is 9.84. The summed E-state index contributed by atoms with van der Waals surface area (Å²) in [6.45, 7) is 0. The molecule has 1 aromatic heterocycles.